The number of benzene rings is 1. The van der Waals surface area contributed by atoms with Gasteiger partial charge in [0.05, 0.1) is 11.7 Å². The standard InChI is InChI=1S/C20H15FN4O2S/c1-12-11-25-19(27)15(10-23-20(25)28-12)18(26)24-17(16-7-2-3-8-22-16)13-5-4-6-14(21)9-13/h2-11,17H,1H3,(H,24,26)/t17-/m0/s1. The van der Waals surface area contributed by atoms with Crippen LogP contribution in [0.1, 0.15) is 32.5 Å². The monoisotopic (exact) mass is 394 g/mol. The number of amides is 1. The van der Waals surface area contributed by atoms with Gasteiger partial charge < -0.3 is 5.32 Å². The van der Waals surface area contributed by atoms with Crippen molar-refractivity contribution < 1.29 is 9.18 Å². The van der Waals surface area contributed by atoms with Crippen molar-refractivity contribution >= 4 is 22.2 Å². The number of hydrogen-bond donors (Lipinski definition) is 1. The zero-order valence-electron chi connectivity index (χ0n) is 14.8. The van der Waals surface area contributed by atoms with Gasteiger partial charge >= 0.3 is 0 Å². The Hall–Kier alpha value is -3.39. The highest BCUT2D eigenvalue weighted by atomic mass is 32.1. The number of aryl methyl sites for hydroxylation is 1. The van der Waals surface area contributed by atoms with Crippen LogP contribution in [0.15, 0.2) is 65.8 Å². The third-order valence-corrected chi connectivity index (χ3v) is 5.12. The molecule has 6 nitrogen and oxygen atoms in total. The lowest BCUT2D eigenvalue weighted by molar-refractivity contribution is 0.0940. The number of halogens is 1. The van der Waals surface area contributed by atoms with E-state index < -0.39 is 23.3 Å². The third kappa shape index (κ3) is 3.41. The molecule has 1 atom stereocenters. The average Bonchev–Trinajstić information content (AvgIpc) is 3.08. The first kappa shape index (κ1) is 18.0. The molecule has 1 N–H and O–H groups in total. The number of fused-ring (bicyclic) bond motifs is 1. The third-order valence-electron chi connectivity index (χ3n) is 4.21. The summed E-state index contributed by atoms with van der Waals surface area (Å²) in [4.78, 5) is 35.5. The molecule has 28 heavy (non-hydrogen) atoms. The van der Waals surface area contributed by atoms with E-state index in [2.05, 4.69) is 15.3 Å². The molecular formula is C20H15FN4O2S. The predicted molar refractivity (Wildman–Crippen MR) is 104 cm³/mol. The maximum Gasteiger partial charge on any atom is 0.271 e. The normalized spacial score (nSPS) is 12.1. The van der Waals surface area contributed by atoms with Gasteiger partial charge in [-0.2, -0.15) is 0 Å². The van der Waals surface area contributed by atoms with E-state index in [4.69, 9.17) is 0 Å². The molecule has 0 saturated heterocycles. The lowest BCUT2D eigenvalue weighted by Gasteiger charge is -2.18. The molecule has 1 amide bonds. The van der Waals surface area contributed by atoms with Crippen LogP contribution < -0.4 is 10.9 Å². The summed E-state index contributed by atoms with van der Waals surface area (Å²) in [7, 11) is 0. The van der Waals surface area contributed by atoms with Crippen molar-refractivity contribution in [2.75, 3.05) is 0 Å². The van der Waals surface area contributed by atoms with Gasteiger partial charge in [-0.3, -0.25) is 19.0 Å². The number of carbonyl (C=O) groups is 1. The van der Waals surface area contributed by atoms with Gasteiger partial charge in [0.1, 0.15) is 11.4 Å². The SMILES string of the molecule is Cc1cn2c(=O)c(C(=O)N[C@@H](c3cccc(F)c3)c3ccccn3)cnc2s1. The highest BCUT2D eigenvalue weighted by Crippen LogP contribution is 2.21. The van der Waals surface area contributed by atoms with Crippen LogP contribution in [0.3, 0.4) is 0 Å². The number of carbonyl (C=O) groups excluding carboxylic acids is 1. The van der Waals surface area contributed by atoms with E-state index in [9.17, 15) is 14.0 Å². The number of aromatic nitrogens is 3. The second-order valence-electron chi connectivity index (χ2n) is 6.19. The van der Waals surface area contributed by atoms with Crippen molar-refractivity contribution in [3.63, 3.8) is 0 Å². The lowest BCUT2D eigenvalue weighted by Crippen LogP contribution is -2.34. The maximum atomic E-state index is 13.7. The van der Waals surface area contributed by atoms with Gasteiger partial charge in [0.25, 0.3) is 11.5 Å². The highest BCUT2D eigenvalue weighted by Gasteiger charge is 2.22. The summed E-state index contributed by atoms with van der Waals surface area (Å²) >= 11 is 1.36. The summed E-state index contributed by atoms with van der Waals surface area (Å²) < 4.78 is 15.1. The molecule has 4 rings (SSSR count). The Morgan fingerprint density at radius 2 is 2.07 bits per heavy atom. The van der Waals surface area contributed by atoms with Crippen LogP contribution >= 0.6 is 11.3 Å². The number of nitrogens with one attached hydrogen (secondary N) is 1. The molecule has 0 saturated carbocycles. The van der Waals surface area contributed by atoms with E-state index >= 15 is 0 Å². The van der Waals surface area contributed by atoms with Crippen LogP contribution in [0, 0.1) is 12.7 Å². The molecule has 140 valence electrons. The van der Waals surface area contributed by atoms with Gasteiger partial charge in [-0.05, 0) is 36.8 Å². The molecule has 0 aliphatic heterocycles. The van der Waals surface area contributed by atoms with Crippen LogP contribution in [0.4, 0.5) is 4.39 Å². The van der Waals surface area contributed by atoms with E-state index in [1.807, 2.05) is 6.92 Å². The number of thiazole rings is 1. The van der Waals surface area contributed by atoms with Crippen LogP contribution in [0.5, 0.6) is 0 Å². The summed E-state index contributed by atoms with van der Waals surface area (Å²) in [5, 5.41) is 2.79. The first-order chi connectivity index (χ1) is 13.5. The molecule has 3 aromatic heterocycles. The van der Waals surface area contributed by atoms with E-state index in [0.717, 1.165) is 4.88 Å². The minimum Gasteiger partial charge on any atom is -0.339 e. The van der Waals surface area contributed by atoms with E-state index in [0.29, 0.717) is 16.2 Å². The van der Waals surface area contributed by atoms with Crippen molar-refractivity contribution in [2.24, 2.45) is 0 Å². The summed E-state index contributed by atoms with van der Waals surface area (Å²) in [6.07, 6.45) is 4.50. The van der Waals surface area contributed by atoms with E-state index in [1.165, 1.54) is 34.1 Å². The Balaban J connectivity index is 1.74. The highest BCUT2D eigenvalue weighted by molar-refractivity contribution is 7.16. The van der Waals surface area contributed by atoms with Gasteiger partial charge in [-0.15, -0.1) is 11.3 Å². The maximum absolute atomic E-state index is 13.7. The van der Waals surface area contributed by atoms with Gasteiger partial charge in [0.2, 0.25) is 0 Å². The molecule has 0 aliphatic rings. The number of rotatable bonds is 4. The second kappa shape index (κ2) is 7.32. The fraction of sp³-hybridized carbons (Fsp3) is 0.100. The van der Waals surface area contributed by atoms with Crippen molar-refractivity contribution in [3.05, 3.63) is 98.9 Å². The van der Waals surface area contributed by atoms with Gasteiger partial charge in [-0.1, -0.05) is 18.2 Å². The summed E-state index contributed by atoms with van der Waals surface area (Å²) in [5.41, 5.74) is 0.507. The minimum atomic E-state index is -0.714. The van der Waals surface area contributed by atoms with E-state index in [-0.39, 0.29) is 5.56 Å². The molecular weight excluding hydrogens is 379 g/mol. The molecule has 1 aromatic carbocycles. The Morgan fingerprint density at radius 1 is 1.21 bits per heavy atom. The Labute approximate surface area is 163 Å². The summed E-state index contributed by atoms with van der Waals surface area (Å²) in [5.74, 6) is -1.03. The van der Waals surface area contributed by atoms with E-state index in [1.54, 1.807) is 42.7 Å². The molecule has 0 bridgehead atoms. The molecule has 0 unspecified atom stereocenters. The minimum absolute atomic E-state index is 0.0902. The topological polar surface area (TPSA) is 76.4 Å². The average molecular weight is 394 g/mol. The molecule has 4 aromatic rings. The molecule has 3 heterocycles. The van der Waals surface area contributed by atoms with Crippen molar-refractivity contribution in [1.82, 2.24) is 19.7 Å². The van der Waals surface area contributed by atoms with Crippen molar-refractivity contribution in [2.45, 2.75) is 13.0 Å². The predicted octanol–water partition coefficient (Wildman–Crippen LogP) is 3.12. The Morgan fingerprint density at radius 3 is 2.82 bits per heavy atom. The Bertz CT molecular complexity index is 1220. The lowest BCUT2D eigenvalue weighted by atomic mass is 10.0. The van der Waals surface area contributed by atoms with Gasteiger partial charge in [0.15, 0.2) is 4.96 Å². The number of pyridine rings is 1. The van der Waals surface area contributed by atoms with Crippen LogP contribution in [0.25, 0.3) is 4.96 Å². The second-order valence-corrected chi connectivity index (χ2v) is 7.40. The van der Waals surface area contributed by atoms with Crippen LogP contribution in [-0.4, -0.2) is 20.3 Å². The van der Waals surface area contributed by atoms with Crippen molar-refractivity contribution in [3.8, 4) is 0 Å². The molecule has 0 aliphatic carbocycles. The number of nitrogens with zero attached hydrogens (tertiary/aromatic N) is 3. The van der Waals surface area contributed by atoms with Gasteiger partial charge in [0, 0.05) is 23.5 Å². The first-order valence-corrected chi connectivity index (χ1v) is 9.29. The van der Waals surface area contributed by atoms with Crippen molar-refractivity contribution in [1.29, 1.82) is 0 Å². The fourth-order valence-electron chi connectivity index (χ4n) is 2.92. The molecule has 8 heteroatoms. The van der Waals surface area contributed by atoms with Crippen LogP contribution in [-0.2, 0) is 0 Å². The first-order valence-electron chi connectivity index (χ1n) is 8.48. The van der Waals surface area contributed by atoms with Crippen LogP contribution in [0.2, 0.25) is 0 Å². The zero-order valence-corrected chi connectivity index (χ0v) is 15.6. The zero-order chi connectivity index (χ0) is 19.7. The smallest absolute Gasteiger partial charge is 0.271 e. The van der Waals surface area contributed by atoms with Gasteiger partial charge in [-0.25, -0.2) is 9.37 Å². The summed E-state index contributed by atoms with van der Waals surface area (Å²) in [6, 6.07) is 10.4. The molecule has 0 fully saturated rings. The fourth-order valence-corrected chi connectivity index (χ4v) is 3.71. The largest absolute Gasteiger partial charge is 0.339 e. The Kier molecular flexibility index (Phi) is 4.70. The quantitative estimate of drug-likeness (QED) is 0.577. The molecule has 0 spiro atoms. The molecule has 0 radical (unpaired) electrons. The number of hydrogen-bond acceptors (Lipinski definition) is 5. The summed E-state index contributed by atoms with van der Waals surface area (Å²) in [6.45, 7) is 1.86.